The van der Waals surface area contributed by atoms with E-state index in [1.54, 1.807) is 16.6 Å². The molecule has 2 saturated heterocycles. The zero-order chi connectivity index (χ0) is 24.4. The Bertz CT molecular complexity index is 1270. The highest BCUT2D eigenvalue weighted by molar-refractivity contribution is 5.69. The second-order valence-corrected chi connectivity index (χ2v) is 9.25. The number of likely N-dealkylation sites (N-methyl/N-ethyl adjacent to an activating group) is 1. The Balaban J connectivity index is 1.38. The van der Waals surface area contributed by atoms with Crippen LogP contribution in [0, 0.1) is 5.82 Å². The predicted molar refractivity (Wildman–Crippen MR) is 138 cm³/mol. The first-order chi connectivity index (χ1) is 17.0. The van der Waals surface area contributed by atoms with E-state index in [-0.39, 0.29) is 11.9 Å². The first kappa shape index (κ1) is 23.2. The maximum atomic E-state index is 13.9. The zero-order valence-corrected chi connectivity index (χ0v) is 20.4. The number of nitrogens with zero attached hydrogens (tertiary/aromatic N) is 7. The molecular weight excluding hydrogens is 441 g/mol. The lowest BCUT2D eigenvalue weighted by atomic mass is 10.0. The van der Waals surface area contributed by atoms with Gasteiger partial charge >= 0.3 is 0 Å². The van der Waals surface area contributed by atoms with Crippen molar-refractivity contribution in [3.05, 3.63) is 84.1 Å². The second-order valence-electron chi connectivity index (χ2n) is 9.25. The summed E-state index contributed by atoms with van der Waals surface area (Å²) in [5, 5.41) is 13.5. The summed E-state index contributed by atoms with van der Waals surface area (Å²) < 4.78 is 15.6. The van der Waals surface area contributed by atoms with E-state index < -0.39 is 0 Å². The van der Waals surface area contributed by atoms with Gasteiger partial charge in [0.15, 0.2) is 11.5 Å². The molecule has 2 aliphatic heterocycles. The monoisotopic (exact) mass is 473 g/mol. The van der Waals surface area contributed by atoms with Crippen LogP contribution in [0.25, 0.3) is 11.2 Å². The van der Waals surface area contributed by atoms with E-state index in [9.17, 15) is 4.39 Å². The van der Waals surface area contributed by atoms with Crippen LogP contribution in [0.3, 0.4) is 0 Å². The highest BCUT2D eigenvalue weighted by Crippen LogP contribution is 2.35. The van der Waals surface area contributed by atoms with E-state index >= 15 is 0 Å². The van der Waals surface area contributed by atoms with Crippen LogP contribution in [0.4, 0.5) is 10.2 Å². The van der Waals surface area contributed by atoms with Gasteiger partial charge in [0, 0.05) is 44.0 Å². The van der Waals surface area contributed by atoms with Crippen LogP contribution in [-0.4, -0.2) is 69.4 Å². The lowest BCUT2D eigenvalue weighted by Gasteiger charge is -2.34. The van der Waals surface area contributed by atoms with Gasteiger partial charge < -0.3 is 14.7 Å². The molecular formula is C27H32FN7. The standard InChI is InChI=1S/C27H32FN7/c1-4-23(33-17-15-32(3)16-18-33)11-10-20(2)27-30-29-25-12-13-26(31-35(25)27)34-14-6-9-24(34)21-7-5-8-22(28)19-21/h4-5,7-8,10-13,19,24H,2,6,9,14-18H2,1,3H3. The summed E-state index contributed by atoms with van der Waals surface area (Å²) in [4.78, 5) is 6.97. The number of benzene rings is 1. The van der Waals surface area contributed by atoms with Gasteiger partial charge in [-0.05, 0) is 68.8 Å². The van der Waals surface area contributed by atoms with E-state index in [4.69, 9.17) is 5.10 Å². The third-order valence-electron chi connectivity index (χ3n) is 6.94. The van der Waals surface area contributed by atoms with Crippen LogP contribution >= 0.6 is 0 Å². The highest BCUT2D eigenvalue weighted by atomic mass is 19.1. The normalized spacial score (nSPS) is 19.9. The molecule has 1 aromatic carbocycles. The second kappa shape index (κ2) is 10.00. The van der Waals surface area contributed by atoms with Crippen LogP contribution < -0.4 is 4.90 Å². The fourth-order valence-electron chi connectivity index (χ4n) is 4.94. The average molecular weight is 474 g/mol. The summed E-state index contributed by atoms with van der Waals surface area (Å²) in [6, 6.07) is 10.9. The van der Waals surface area contributed by atoms with Crippen molar-refractivity contribution in [3.8, 4) is 0 Å². The number of fused-ring (bicyclic) bond motifs is 1. The summed E-state index contributed by atoms with van der Waals surface area (Å²) >= 11 is 0. The van der Waals surface area contributed by atoms with Crippen LogP contribution in [-0.2, 0) is 0 Å². The zero-order valence-electron chi connectivity index (χ0n) is 20.4. The third kappa shape index (κ3) is 4.84. The minimum Gasteiger partial charge on any atom is -0.369 e. The van der Waals surface area contributed by atoms with E-state index in [0.717, 1.165) is 62.5 Å². The SMILES string of the molecule is C=C(C=CC(=CC)N1CCN(C)CC1)c1nnc2ccc(N3CCCC3c3cccc(F)c3)nn12. The number of hydrogen-bond acceptors (Lipinski definition) is 6. The van der Waals surface area contributed by atoms with Crippen LogP contribution in [0.1, 0.15) is 37.2 Å². The fraction of sp³-hybridized carbons (Fsp3) is 0.370. The molecule has 0 saturated carbocycles. The smallest absolute Gasteiger partial charge is 0.184 e. The molecule has 2 aliphatic rings. The van der Waals surface area contributed by atoms with Crippen LogP contribution in [0.2, 0.25) is 0 Å². The highest BCUT2D eigenvalue weighted by Gasteiger charge is 2.28. The van der Waals surface area contributed by atoms with Crippen molar-refractivity contribution in [2.24, 2.45) is 0 Å². The van der Waals surface area contributed by atoms with Crippen molar-refractivity contribution >= 4 is 17.0 Å². The van der Waals surface area contributed by atoms with E-state index in [1.807, 2.05) is 24.3 Å². The number of rotatable bonds is 6. The van der Waals surface area contributed by atoms with Gasteiger partial charge in [-0.1, -0.05) is 24.8 Å². The molecule has 1 atom stereocenters. The predicted octanol–water partition coefficient (Wildman–Crippen LogP) is 4.33. The summed E-state index contributed by atoms with van der Waals surface area (Å²) in [7, 11) is 2.16. The Labute approximate surface area is 205 Å². The van der Waals surface area contributed by atoms with Crippen molar-refractivity contribution < 1.29 is 4.39 Å². The quantitative estimate of drug-likeness (QED) is 0.497. The maximum Gasteiger partial charge on any atom is 0.184 e. The molecule has 0 N–H and O–H groups in total. The van der Waals surface area contributed by atoms with Crippen molar-refractivity contribution in [1.29, 1.82) is 0 Å². The molecule has 5 rings (SSSR count). The van der Waals surface area contributed by atoms with Crippen molar-refractivity contribution in [2.45, 2.75) is 25.8 Å². The third-order valence-corrected chi connectivity index (χ3v) is 6.94. The van der Waals surface area contributed by atoms with Crippen molar-refractivity contribution in [3.63, 3.8) is 0 Å². The van der Waals surface area contributed by atoms with E-state index in [0.29, 0.717) is 11.5 Å². The molecule has 0 radical (unpaired) electrons. The average Bonchev–Trinajstić information content (AvgIpc) is 3.52. The summed E-state index contributed by atoms with van der Waals surface area (Å²) in [6.07, 6.45) is 8.21. The Morgan fingerprint density at radius 1 is 1.06 bits per heavy atom. The lowest BCUT2D eigenvalue weighted by molar-refractivity contribution is 0.190. The number of halogens is 1. The van der Waals surface area contributed by atoms with Crippen molar-refractivity contribution in [2.75, 3.05) is 44.7 Å². The van der Waals surface area contributed by atoms with Gasteiger partial charge in [0.1, 0.15) is 11.6 Å². The topological polar surface area (TPSA) is 52.8 Å². The number of hydrogen-bond donors (Lipinski definition) is 0. The summed E-state index contributed by atoms with van der Waals surface area (Å²) in [5.74, 6) is 1.24. The molecule has 3 aromatic rings. The molecule has 182 valence electrons. The molecule has 2 fully saturated rings. The van der Waals surface area contributed by atoms with Gasteiger partial charge in [-0.3, -0.25) is 0 Å². The lowest BCUT2D eigenvalue weighted by Crippen LogP contribution is -2.43. The fourth-order valence-corrected chi connectivity index (χ4v) is 4.94. The number of piperazine rings is 1. The summed E-state index contributed by atoms with van der Waals surface area (Å²) in [5.41, 5.74) is 3.57. The molecule has 8 heteroatoms. The molecule has 2 aromatic heterocycles. The number of anilines is 1. The largest absolute Gasteiger partial charge is 0.369 e. The minimum atomic E-state index is -0.209. The molecule has 0 aliphatic carbocycles. The van der Waals surface area contributed by atoms with Gasteiger partial charge in [0.2, 0.25) is 0 Å². The molecule has 0 spiro atoms. The minimum absolute atomic E-state index is 0.0968. The number of aromatic nitrogens is 4. The number of allylic oxidation sites excluding steroid dienone is 4. The van der Waals surface area contributed by atoms with Gasteiger partial charge in [0.05, 0.1) is 6.04 Å². The van der Waals surface area contributed by atoms with Gasteiger partial charge in [-0.15, -0.1) is 15.3 Å². The Kier molecular flexibility index (Phi) is 6.63. The van der Waals surface area contributed by atoms with Crippen LogP contribution in [0.15, 0.2) is 66.9 Å². The van der Waals surface area contributed by atoms with E-state index in [2.05, 4.69) is 57.6 Å². The Morgan fingerprint density at radius 2 is 1.89 bits per heavy atom. The Hall–Kier alpha value is -3.52. The first-order valence-corrected chi connectivity index (χ1v) is 12.3. The molecule has 0 bridgehead atoms. The Morgan fingerprint density at radius 3 is 2.66 bits per heavy atom. The van der Waals surface area contributed by atoms with Crippen LogP contribution in [0.5, 0.6) is 0 Å². The molecule has 1 unspecified atom stereocenters. The van der Waals surface area contributed by atoms with Gasteiger partial charge in [-0.2, -0.15) is 4.52 Å². The van der Waals surface area contributed by atoms with Crippen molar-refractivity contribution in [1.82, 2.24) is 29.6 Å². The van der Waals surface area contributed by atoms with Gasteiger partial charge in [-0.25, -0.2) is 4.39 Å². The van der Waals surface area contributed by atoms with E-state index in [1.165, 1.54) is 11.8 Å². The van der Waals surface area contributed by atoms with Gasteiger partial charge in [0.25, 0.3) is 0 Å². The first-order valence-electron chi connectivity index (χ1n) is 12.3. The summed E-state index contributed by atoms with van der Waals surface area (Å²) in [6.45, 7) is 11.3. The molecule has 0 amide bonds. The maximum absolute atomic E-state index is 13.9. The molecule has 4 heterocycles. The molecule has 35 heavy (non-hydrogen) atoms. The molecule has 7 nitrogen and oxygen atoms in total.